The van der Waals surface area contributed by atoms with Gasteiger partial charge in [0.1, 0.15) is 28.4 Å². The van der Waals surface area contributed by atoms with E-state index >= 15 is 0 Å². The van der Waals surface area contributed by atoms with Crippen LogP contribution in [0.25, 0.3) is 0 Å². The van der Waals surface area contributed by atoms with Crippen molar-refractivity contribution in [2.24, 2.45) is 0 Å². The molecule has 34 heavy (non-hydrogen) atoms. The number of ether oxygens (including phenoxy) is 2. The zero-order valence-corrected chi connectivity index (χ0v) is 20.3. The van der Waals surface area contributed by atoms with Crippen LogP contribution in [0.4, 0.5) is 17.1 Å². The highest BCUT2D eigenvalue weighted by Crippen LogP contribution is 2.44. The van der Waals surface area contributed by atoms with Gasteiger partial charge >= 0.3 is 5.97 Å². The summed E-state index contributed by atoms with van der Waals surface area (Å²) in [5.74, 6) is 0.277. The van der Waals surface area contributed by atoms with E-state index in [-0.39, 0.29) is 18.2 Å². The quantitative estimate of drug-likeness (QED) is 0.200. The van der Waals surface area contributed by atoms with Crippen molar-refractivity contribution in [2.75, 3.05) is 6.61 Å². The molecule has 1 aliphatic carbocycles. The van der Waals surface area contributed by atoms with E-state index in [1.165, 1.54) is 0 Å². The first-order valence-corrected chi connectivity index (χ1v) is 12.1. The third-order valence-electron chi connectivity index (χ3n) is 6.87. The van der Waals surface area contributed by atoms with Gasteiger partial charge in [-0.05, 0) is 57.1 Å². The van der Waals surface area contributed by atoms with Crippen molar-refractivity contribution in [2.45, 2.75) is 58.5 Å². The van der Waals surface area contributed by atoms with E-state index in [4.69, 9.17) is 9.47 Å². The van der Waals surface area contributed by atoms with E-state index in [0.29, 0.717) is 22.8 Å². The number of hydrogen-bond donors (Lipinski definition) is 0. The molecule has 1 aliphatic rings. The van der Waals surface area contributed by atoms with Gasteiger partial charge in [0.2, 0.25) is 0 Å². The molecule has 3 aromatic rings. The van der Waals surface area contributed by atoms with Crippen LogP contribution < -0.4 is 9.38 Å². The van der Waals surface area contributed by atoms with E-state index in [1.807, 2.05) is 86.6 Å². The van der Waals surface area contributed by atoms with Crippen molar-refractivity contribution in [3.05, 3.63) is 89.1 Å². The lowest BCUT2D eigenvalue weighted by atomic mass is 9.99. The summed E-state index contributed by atoms with van der Waals surface area (Å²) in [6, 6.07) is 22.4. The summed E-state index contributed by atoms with van der Waals surface area (Å²) in [6.07, 6.45) is 4.86. The molecule has 0 spiro atoms. The first-order chi connectivity index (χ1) is 16.4. The van der Waals surface area contributed by atoms with Gasteiger partial charge in [0.25, 0.3) is 0 Å². The van der Waals surface area contributed by atoms with Crippen LogP contribution in [-0.2, 0) is 9.53 Å². The number of carbonyl (C=O) groups is 1. The summed E-state index contributed by atoms with van der Waals surface area (Å²) in [6.45, 7) is 5.74. The highest BCUT2D eigenvalue weighted by atomic mass is 16.6. The number of esters is 1. The molecule has 0 bridgehead atoms. The second-order valence-electron chi connectivity index (χ2n) is 9.20. The van der Waals surface area contributed by atoms with Crippen molar-refractivity contribution < 1.29 is 14.3 Å². The maximum atomic E-state index is 14.5. The van der Waals surface area contributed by atoms with E-state index in [1.54, 1.807) is 0 Å². The van der Waals surface area contributed by atoms with E-state index in [9.17, 15) is 10.0 Å². The summed E-state index contributed by atoms with van der Waals surface area (Å²) in [4.78, 5) is 12.6. The van der Waals surface area contributed by atoms with Gasteiger partial charge in [0.05, 0.1) is 0 Å². The van der Waals surface area contributed by atoms with Crippen LogP contribution in [0.3, 0.4) is 0 Å². The SMILES string of the molecule is CCC1(OC(=O)COc2c(C)cc([N+]([O-])(c3ccccc3)c3ccccc3)cc2C)CCCC1. The normalized spacial score (nSPS) is 15.2. The first-order valence-electron chi connectivity index (χ1n) is 12.1. The Bertz CT molecular complexity index is 1060. The third kappa shape index (κ3) is 4.72. The van der Waals surface area contributed by atoms with Crippen LogP contribution in [0.1, 0.15) is 50.2 Å². The van der Waals surface area contributed by atoms with Crippen LogP contribution in [0.2, 0.25) is 0 Å². The van der Waals surface area contributed by atoms with Crippen molar-refractivity contribution >= 4 is 23.0 Å². The molecule has 0 aromatic heterocycles. The Balaban J connectivity index is 1.60. The molecule has 0 N–H and O–H groups in total. The fraction of sp³-hybridized carbons (Fsp3) is 0.345. The van der Waals surface area contributed by atoms with Gasteiger partial charge in [-0.15, -0.1) is 0 Å². The molecule has 5 heteroatoms. The number of benzene rings is 3. The first kappa shape index (κ1) is 24.0. The van der Waals surface area contributed by atoms with Crippen molar-refractivity contribution in [1.29, 1.82) is 0 Å². The predicted octanol–water partition coefficient (Wildman–Crippen LogP) is 7.42. The van der Waals surface area contributed by atoms with Gasteiger partial charge in [-0.1, -0.05) is 43.3 Å². The summed E-state index contributed by atoms with van der Waals surface area (Å²) in [5, 5.41) is 14.5. The molecule has 5 nitrogen and oxygen atoms in total. The molecular weight excluding hydrogens is 426 g/mol. The Morgan fingerprint density at radius 1 is 0.882 bits per heavy atom. The van der Waals surface area contributed by atoms with Crippen molar-refractivity contribution in [3.63, 3.8) is 0 Å². The fourth-order valence-corrected chi connectivity index (χ4v) is 5.01. The molecule has 0 amide bonds. The molecular formula is C29H33NO4. The molecule has 0 aliphatic heterocycles. The topological polar surface area (TPSA) is 58.6 Å². The van der Waals surface area contributed by atoms with E-state index < -0.39 is 4.65 Å². The van der Waals surface area contributed by atoms with Gasteiger partial charge < -0.3 is 14.7 Å². The van der Waals surface area contributed by atoms with Crippen LogP contribution in [0, 0.1) is 19.1 Å². The Kier molecular flexibility index (Phi) is 7.05. The summed E-state index contributed by atoms with van der Waals surface area (Å²) >= 11 is 0. The van der Waals surface area contributed by atoms with Crippen LogP contribution in [0.5, 0.6) is 5.75 Å². The monoisotopic (exact) mass is 459 g/mol. The zero-order valence-electron chi connectivity index (χ0n) is 20.3. The average Bonchev–Trinajstić information content (AvgIpc) is 3.32. The molecule has 3 aromatic carbocycles. The fourth-order valence-electron chi connectivity index (χ4n) is 5.01. The number of para-hydroxylation sites is 2. The smallest absolute Gasteiger partial charge is 0.344 e. The van der Waals surface area contributed by atoms with Gasteiger partial charge in [-0.2, -0.15) is 0 Å². The third-order valence-corrected chi connectivity index (χ3v) is 6.87. The molecule has 4 rings (SSSR count). The lowest BCUT2D eigenvalue weighted by Gasteiger charge is -2.41. The molecule has 1 fully saturated rings. The second-order valence-corrected chi connectivity index (χ2v) is 9.20. The number of carbonyl (C=O) groups excluding carboxylic acids is 1. The molecule has 0 unspecified atom stereocenters. The Labute approximate surface area is 202 Å². The van der Waals surface area contributed by atoms with Gasteiger partial charge in [-0.3, -0.25) is 4.65 Å². The predicted molar refractivity (Wildman–Crippen MR) is 136 cm³/mol. The second kappa shape index (κ2) is 10.00. The number of quaternary nitrogens is 1. The Hall–Kier alpha value is -3.15. The molecule has 0 atom stereocenters. The maximum Gasteiger partial charge on any atom is 0.344 e. The van der Waals surface area contributed by atoms with Crippen molar-refractivity contribution in [1.82, 2.24) is 4.65 Å². The van der Waals surface area contributed by atoms with Crippen molar-refractivity contribution in [3.8, 4) is 5.75 Å². The van der Waals surface area contributed by atoms with Crippen LogP contribution in [0.15, 0.2) is 72.8 Å². The van der Waals surface area contributed by atoms with Crippen LogP contribution >= 0.6 is 0 Å². The van der Waals surface area contributed by atoms with Gasteiger partial charge in [0.15, 0.2) is 6.61 Å². The van der Waals surface area contributed by atoms with Gasteiger partial charge in [0, 0.05) is 36.4 Å². The number of aryl methyl sites for hydroxylation is 2. The largest absolute Gasteiger partial charge is 0.616 e. The molecule has 178 valence electrons. The number of nitrogens with zero attached hydrogens (tertiary/aromatic N) is 1. The summed E-state index contributed by atoms with van der Waals surface area (Å²) in [7, 11) is 0. The zero-order chi connectivity index (χ0) is 24.2. The summed E-state index contributed by atoms with van der Waals surface area (Å²) in [5.41, 5.74) is 3.09. The summed E-state index contributed by atoms with van der Waals surface area (Å²) < 4.78 is 11.0. The molecule has 1 saturated carbocycles. The molecule has 0 saturated heterocycles. The maximum absolute atomic E-state index is 14.5. The Morgan fingerprint density at radius 3 is 1.85 bits per heavy atom. The minimum atomic E-state index is -0.718. The number of rotatable bonds is 8. The standard InChI is InChI=1S/C29H33NO4/c1-4-29(17-11-12-18-29)34-27(31)21-33-28-22(2)19-26(20-23(28)3)30(32,24-13-7-5-8-14-24)25-15-9-6-10-16-25/h5-10,13-16,19-20H,4,11-12,17-18,21H2,1-3H3. The number of hydrogen-bond acceptors (Lipinski definition) is 4. The van der Waals surface area contributed by atoms with E-state index in [2.05, 4.69) is 6.92 Å². The lowest BCUT2D eigenvalue weighted by Crippen LogP contribution is -2.33. The molecule has 0 heterocycles. The molecule has 0 radical (unpaired) electrons. The van der Waals surface area contributed by atoms with Gasteiger partial charge in [-0.25, -0.2) is 4.79 Å². The average molecular weight is 460 g/mol. The lowest BCUT2D eigenvalue weighted by molar-refractivity contribution is -0.162. The highest BCUT2D eigenvalue weighted by Gasteiger charge is 2.36. The van der Waals surface area contributed by atoms with E-state index in [0.717, 1.165) is 43.2 Å². The highest BCUT2D eigenvalue weighted by molar-refractivity contribution is 5.74. The Morgan fingerprint density at radius 2 is 1.38 bits per heavy atom. The minimum absolute atomic E-state index is 0.141. The van der Waals surface area contributed by atoms with Crippen LogP contribution in [-0.4, -0.2) is 18.2 Å². The minimum Gasteiger partial charge on any atom is -0.616 e.